The van der Waals surface area contributed by atoms with E-state index in [4.69, 9.17) is 9.84 Å². The third-order valence-corrected chi connectivity index (χ3v) is 4.91. The van der Waals surface area contributed by atoms with E-state index in [1.165, 1.54) is 6.20 Å². The number of hydrogen-bond acceptors (Lipinski definition) is 8. The van der Waals surface area contributed by atoms with E-state index in [0.29, 0.717) is 12.8 Å². The lowest BCUT2D eigenvalue weighted by molar-refractivity contribution is -0.139. The smallest absolute Gasteiger partial charge is 0.407 e. The van der Waals surface area contributed by atoms with Crippen LogP contribution in [0.1, 0.15) is 30.5 Å². The van der Waals surface area contributed by atoms with E-state index in [2.05, 4.69) is 26.3 Å². The second-order valence-corrected chi connectivity index (χ2v) is 7.89. The summed E-state index contributed by atoms with van der Waals surface area (Å²) in [7, 11) is 0. The molecule has 0 fully saturated rings. The Balaban J connectivity index is 1.73. The van der Waals surface area contributed by atoms with Gasteiger partial charge >= 0.3 is 30.0 Å². The van der Waals surface area contributed by atoms with Crippen LogP contribution in [0.4, 0.5) is 9.59 Å². The number of hydrogen-bond donors (Lipinski definition) is 6. The second-order valence-electron chi connectivity index (χ2n) is 7.89. The van der Waals surface area contributed by atoms with Crippen molar-refractivity contribution in [1.82, 2.24) is 30.9 Å². The van der Waals surface area contributed by atoms with Crippen molar-refractivity contribution >= 4 is 30.0 Å². The summed E-state index contributed by atoms with van der Waals surface area (Å²) in [5.41, 5.74) is 0.958. The van der Waals surface area contributed by atoms with Gasteiger partial charge in [0, 0.05) is 19.2 Å². The minimum Gasteiger partial charge on any atom is -0.480 e. The summed E-state index contributed by atoms with van der Waals surface area (Å²) < 4.78 is 6.07. The van der Waals surface area contributed by atoms with Gasteiger partial charge in [0.05, 0.1) is 5.69 Å². The van der Waals surface area contributed by atoms with Crippen LogP contribution in [-0.2, 0) is 38.7 Å². The van der Waals surface area contributed by atoms with Crippen LogP contribution in [0.2, 0.25) is 0 Å². The molecule has 0 saturated heterocycles. The number of carbonyl (C=O) groups excluding carboxylic acids is 2. The molecular formula is C22H28N6O9. The number of carbonyl (C=O) groups is 5. The number of carboxylic acid groups (broad SMARTS) is 3. The van der Waals surface area contributed by atoms with E-state index in [-0.39, 0.29) is 31.7 Å². The Kier molecular flexibility index (Phi) is 11.3. The zero-order valence-electron chi connectivity index (χ0n) is 19.7. The van der Waals surface area contributed by atoms with E-state index in [1.54, 1.807) is 0 Å². The highest BCUT2D eigenvalue weighted by Crippen LogP contribution is 2.04. The molecule has 3 amide bonds. The Morgan fingerprint density at radius 2 is 1.62 bits per heavy atom. The Morgan fingerprint density at radius 3 is 2.27 bits per heavy atom. The predicted molar refractivity (Wildman–Crippen MR) is 124 cm³/mol. The van der Waals surface area contributed by atoms with E-state index in [9.17, 15) is 34.2 Å². The van der Waals surface area contributed by atoms with Crippen molar-refractivity contribution in [2.75, 3.05) is 6.54 Å². The zero-order chi connectivity index (χ0) is 27.2. The summed E-state index contributed by atoms with van der Waals surface area (Å²) in [6.07, 6.45) is 1.10. The Hall–Kier alpha value is -4.69. The fourth-order valence-electron chi connectivity index (χ4n) is 3.11. The highest BCUT2D eigenvalue weighted by molar-refractivity contribution is 5.86. The van der Waals surface area contributed by atoms with Gasteiger partial charge in [-0.05, 0) is 24.8 Å². The van der Waals surface area contributed by atoms with E-state index in [0.717, 1.165) is 10.2 Å². The first-order valence-corrected chi connectivity index (χ1v) is 11.2. The van der Waals surface area contributed by atoms with Gasteiger partial charge in [-0.2, -0.15) is 0 Å². The molecule has 0 radical (unpaired) electrons. The maximum Gasteiger partial charge on any atom is 0.407 e. The van der Waals surface area contributed by atoms with Gasteiger partial charge in [-0.25, -0.2) is 23.9 Å². The predicted octanol–water partition coefficient (Wildman–Crippen LogP) is 0.208. The van der Waals surface area contributed by atoms with Gasteiger partial charge < -0.3 is 36.0 Å². The highest BCUT2D eigenvalue weighted by Gasteiger charge is 2.25. The van der Waals surface area contributed by atoms with Gasteiger partial charge in [0.2, 0.25) is 0 Å². The lowest BCUT2D eigenvalue weighted by Gasteiger charge is -2.18. The summed E-state index contributed by atoms with van der Waals surface area (Å²) in [5.74, 6) is -3.88. The number of nitrogens with one attached hydrogen (secondary N) is 3. The quantitative estimate of drug-likeness (QED) is 0.174. The summed E-state index contributed by atoms with van der Waals surface area (Å²) in [5, 5.41) is 41.7. The molecule has 2 unspecified atom stereocenters. The molecule has 0 bridgehead atoms. The topological polar surface area (TPSA) is 222 Å². The van der Waals surface area contributed by atoms with Crippen molar-refractivity contribution < 1.29 is 44.0 Å². The van der Waals surface area contributed by atoms with Gasteiger partial charge in [-0.1, -0.05) is 35.5 Å². The summed E-state index contributed by atoms with van der Waals surface area (Å²) in [4.78, 5) is 57.7. The Labute approximate surface area is 210 Å². The van der Waals surface area contributed by atoms with Gasteiger partial charge in [0.15, 0.2) is 0 Å². The Bertz CT molecular complexity index is 1080. The van der Waals surface area contributed by atoms with Crippen molar-refractivity contribution in [3.8, 4) is 0 Å². The molecule has 0 aliphatic heterocycles. The molecule has 1 aromatic heterocycles. The summed E-state index contributed by atoms with van der Waals surface area (Å²) in [6, 6.07) is 5.34. The van der Waals surface area contributed by atoms with Gasteiger partial charge in [-0.3, -0.25) is 4.79 Å². The first-order chi connectivity index (χ1) is 17.6. The molecular weight excluding hydrogens is 492 g/mol. The molecule has 15 nitrogen and oxygen atoms in total. The average molecular weight is 520 g/mol. The molecule has 1 aromatic carbocycles. The van der Waals surface area contributed by atoms with Crippen LogP contribution >= 0.6 is 0 Å². The molecule has 2 rings (SSSR count). The number of urea groups is 1. The minimum atomic E-state index is -1.46. The van der Waals surface area contributed by atoms with Crippen molar-refractivity contribution in [1.29, 1.82) is 0 Å². The number of benzene rings is 1. The average Bonchev–Trinajstić information content (AvgIpc) is 3.27. The fraction of sp³-hybridized carbons (Fsp3) is 0.409. The molecule has 0 spiro atoms. The summed E-state index contributed by atoms with van der Waals surface area (Å²) in [6.45, 7) is -0.121. The van der Waals surface area contributed by atoms with Crippen molar-refractivity contribution in [2.24, 2.45) is 0 Å². The first-order valence-electron chi connectivity index (χ1n) is 11.2. The van der Waals surface area contributed by atoms with E-state index in [1.807, 2.05) is 30.3 Å². The number of amides is 3. The van der Waals surface area contributed by atoms with E-state index < -0.39 is 48.7 Å². The molecule has 200 valence electrons. The first kappa shape index (κ1) is 28.5. The number of ether oxygens (including phenoxy) is 1. The number of aliphatic carboxylic acids is 3. The Morgan fingerprint density at radius 1 is 0.946 bits per heavy atom. The molecule has 0 aliphatic carbocycles. The molecule has 6 N–H and O–H groups in total. The lowest BCUT2D eigenvalue weighted by Crippen LogP contribution is -2.51. The van der Waals surface area contributed by atoms with E-state index >= 15 is 0 Å². The number of unbranched alkanes of at least 4 members (excludes halogenated alkanes) is 1. The molecule has 15 heteroatoms. The van der Waals surface area contributed by atoms with Crippen molar-refractivity contribution in [3.05, 3.63) is 47.8 Å². The molecule has 0 saturated carbocycles. The zero-order valence-corrected chi connectivity index (χ0v) is 19.7. The normalized spacial score (nSPS) is 12.1. The summed E-state index contributed by atoms with van der Waals surface area (Å²) >= 11 is 0. The number of carboxylic acids is 3. The van der Waals surface area contributed by atoms with Crippen LogP contribution < -0.4 is 16.0 Å². The molecule has 37 heavy (non-hydrogen) atoms. The second kappa shape index (κ2) is 14.7. The minimum absolute atomic E-state index is 0.0325. The van der Waals surface area contributed by atoms with Crippen LogP contribution in [0, 0.1) is 0 Å². The number of aromatic nitrogens is 3. The highest BCUT2D eigenvalue weighted by atomic mass is 16.5. The van der Waals surface area contributed by atoms with Crippen LogP contribution in [0.3, 0.4) is 0 Å². The third-order valence-electron chi connectivity index (χ3n) is 4.91. The number of nitrogens with zero attached hydrogens (tertiary/aromatic N) is 3. The standard InChI is InChI=1S/C22H28N6O9/c29-18(30)12-28-11-15(26-27-28)10-17(20(33)34)25-21(35)24-16(19(31)32)8-4-5-9-23-22(36)37-13-14-6-2-1-3-7-14/h1-3,6-7,11,16-17H,4-5,8-10,12-13H2,(H,23,36)(H,29,30)(H,31,32)(H,33,34)(H2,24,25,35). The number of alkyl carbamates (subject to hydrolysis) is 1. The largest absolute Gasteiger partial charge is 0.480 e. The molecule has 2 aromatic rings. The fourth-order valence-corrected chi connectivity index (χ4v) is 3.11. The maximum absolute atomic E-state index is 12.2. The van der Waals surface area contributed by atoms with Crippen LogP contribution in [-0.4, -0.2) is 79.0 Å². The SMILES string of the molecule is O=C(O)Cn1cc(CC(NC(=O)NC(CCCCNC(=O)OCc2ccccc2)C(=O)O)C(=O)O)nn1. The van der Waals surface area contributed by atoms with Crippen molar-refractivity contribution in [3.63, 3.8) is 0 Å². The number of rotatable bonds is 15. The van der Waals surface area contributed by atoms with Crippen molar-refractivity contribution in [2.45, 2.75) is 50.9 Å². The van der Waals surface area contributed by atoms with Gasteiger partial charge in [0.1, 0.15) is 25.2 Å². The molecule has 0 aliphatic rings. The van der Waals surface area contributed by atoms with Gasteiger partial charge in [0.25, 0.3) is 0 Å². The molecule has 1 heterocycles. The third kappa shape index (κ3) is 11.1. The monoisotopic (exact) mass is 520 g/mol. The molecule has 2 atom stereocenters. The maximum atomic E-state index is 12.2. The van der Waals surface area contributed by atoms with Gasteiger partial charge in [-0.15, -0.1) is 5.10 Å². The van der Waals surface area contributed by atoms with Crippen LogP contribution in [0.25, 0.3) is 0 Å². The lowest BCUT2D eigenvalue weighted by atomic mass is 10.1. The van der Waals surface area contributed by atoms with Crippen LogP contribution in [0.5, 0.6) is 0 Å². The van der Waals surface area contributed by atoms with Crippen LogP contribution in [0.15, 0.2) is 36.5 Å².